The summed E-state index contributed by atoms with van der Waals surface area (Å²) in [6.45, 7) is 0.520. The molecular formula is C20H17FN4O. The van der Waals surface area contributed by atoms with Gasteiger partial charge in [-0.2, -0.15) is 0 Å². The minimum Gasteiger partial charge on any atom is -0.392 e. The first-order valence-electron chi connectivity index (χ1n) is 8.25. The van der Waals surface area contributed by atoms with E-state index in [4.69, 9.17) is 0 Å². The number of aliphatic hydroxyl groups is 1. The number of rotatable bonds is 5. The van der Waals surface area contributed by atoms with Gasteiger partial charge < -0.3 is 10.4 Å². The van der Waals surface area contributed by atoms with Crippen molar-refractivity contribution in [1.29, 1.82) is 0 Å². The van der Waals surface area contributed by atoms with Crippen LogP contribution in [0.2, 0.25) is 0 Å². The largest absolute Gasteiger partial charge is 0.392 e. The van der Waals surface area contributed by atoms with Gasteiger partial charge in [0.1, 0.15) is 5.82 Å². The lowest BCUT2D eigenvalue weighted by atomic mass is 10.1. The third-order valence-corrected chi connectivity index (χ3v) is 4.21. The first kappa shape index (κ1) is 16.2. The quantitative estimate of drug-likeness (QED) is 0.578. The average molecular weight is 348 g/mol. The number of fused-ring (bicyclic) bond motifs is 1. The Morgan fingerprint density at radius 3 is 2.69 bits per heavy atom. The highest BCUT2D eigenvalue weighted by Crippen LogP contribution is 2.24. The summed E-state index contributed by atoms with van der Waals surface area (Å²) in [6.07, 6.45) is 5.35. The molecule has 2 heterocycles. The molecule has 4 aromatic rings. The molecule has 0 spiro atoms. The highest BCUT2D eigenvalue weighted by molar-refractivity contribution is 5.70. The van der Waals surface area contributed by atoms with E-state index in [1.54, 1.807) is 24.5 Å². The van der Waals surface area contributed by atoms with Crippen LogP contribution >= 0.6 is 0 Å². The number of nitrogens with one attached hydrogen (secondary N) is 1. The smallest absolute Gasteiger partial charge is 0.180 e. The number of anilines is 1. The van der Waals surface area contributed by atoms with Crippen molar-refractivity contribution in [3.63, 3.8) is 0 Å². The summed E-state index contributed by atoms with van der Waals surface area (Å²) in [7, 11) is 0. The van der Waals surface area contributed by atoms with Gasteiger partial charge in [-0.15, -0.1) is 0 Å². The molecule has 5 nitrogen and oxygen atoms in total. The molecule has 0 unspecified atom stereocenters. The molecule has 0 amide bonds. The van der Waals surface area contributed by atoms with Gasteiger partial charge in [0.05, 0.1) is 18.5 Å². The van der Waals surface area contributed by atoms with Gasteiger partial charge in [-0.05, 0) is 29.3 Å². The number of halogens is 1. The molecule has 26 heavy (non-hydrogen) atoms. The lowest BCUT2D eigenvalue weighted by Crippen LogP contribution is -2.04. The molecule has 0 saturated heterocycles. The summed E-state index contributed by atoms with van der Waals surface area (Å²) in [5.74, 6) is 0.401. The number of hydrogen-bond donors (Lipinski definition) is 2. The van der Waals surface area contributed by atoms with Gasteiger partial charge in [0.15, 0.2) is 11.5 Å². The van der Waals surface area contributed by atoms with Crippen LogP contribution in [0.15, 0.2) is 67.1 Å². The number of nitrogens with zero attached hydrogens (tertiary/aromatic N) is 3. The summed E-state index contributed by atoms with van der Waals surface area (Å²) in [5.41, 5.74) is 4.40. The fraction of sp³-hybridized carbons (Fsp3) is 0.100. The first-order valence-corrected chi connectivity index (χ1v) is 8.25. The first-order chi connectivity index (χ1) is 12.7. The van der Waals surface area contributed by atoms with Crippen LogP contribution in [0.4, 0.5) is 10.2 Å². The highest BCUT2D eigenvalue weighted by Gasteiger charge is 2.10. The Labute approximate surface area is 149 Å². The molecule has 6 heteroatoms. The van der Waals surface area contributed by atoms with Crippen LogP contribution in [0, 0.1) is 5.82 Å². The van der Waals surface area contributed by atoms with Crippen LogP contribution in [0.25, 0.3) is 16.9 Å². The Morgan fingerprint density at radius 1 is 1.04 bits per heavy atom. The van der Waals surface area contributed by atoms with Gasteiger partial charge in [0.2, 0.25) is 0 Å². The second kappa shape index (κ2) is 6.93. The predicted octanol–water partition coefficient (Wildman–Crippen LogP) is 3.64. The van der Waals surface area contributed by atoms with Crippen LogP contribution in [0.1, 0.15) is 11.1 Å². The van der Waals surface area contributed by atoms with E-state index in [2.05, 4.69) is 15.3 Å². The van der Waals surface area contributed by atoms with E-state index in [0.717, 1.165) is 22.4 Å². The van der Waals surface area contributed by atoms with E-state index in [9.17, 15) is 9.50 Å². The number of imidazole rings is 1. The van der Waals surface area contributed by atoms with Gasteiger partial charge in [-0.25, -0.2) is 14.4 Å². The summed E-state index contributed by atoms with van der Waals surface area (Å²) < 4.78 is 15.0. The second-order valence-corrected chi connectivity index (χ2v) is 5.95. The normalized spacial score (nSPS) is 11.0. The van der Waals surface area contributed by atoms with Crippen molar-refractivity contribution in [1.82, 2.24) is 14.4 Å². The molecule has 0 fully saturated rings. The van der Waals surface area contributed by atoms with Crippen molar-refractivity contribution >= 4 is 11.5 Å². The van der Waals surface area contributed by atoms with E-state index in [1.807, 2.05) is 34.9 Å². The zero-order chi connectivity index (χ0) is 17.9. The van der Waals surface area contributed by atoms with Gasteiger partial charge in [-0.1, -0.05) is 30.3 Å². The van der Waals surface area contributed by atoms with E-state index in [0.29, 0.717) is 18.0 Å². The number of hydrogen-bond acceptors (Lipinski definition) is 4. The molecule has 4 rings (SSSR count). The van der Waals surface area contributed by atoms with Crippen molar-refractivity contribution in [2.75, 3.05) is 5.32 Å². The maximum absolute atomic E-state index is 13.0. The standard InChI is InChI=1S/C20H17FN4O/c21-17-6-4-14(5-7-17)11-23-19-20-24-12-18(25(20)9-8-22-19)16-3-1-2-15(10-16)13-26/h1-10,12,26H,11,13H2,(H,22,23). The fourth-order valence-electron chi connectivity index (χ4n) is 2.87. The van der Waals surface area contributed by atoms with Crippen molar-refractivity contribution in [2.45, 2.75) is 13.2 Å². The fourth-order valence-corrected chi connectivity index (χ4v) is 2.87. The Bertz CT molecular complexity index is 1040. The van der Waals surface area contributed by atoms with Crippen molar-refractivity contribution < 1.29 is 9.50 Å². The molecular weight excluding hydrogens is 331 g/mol. The molecule has 0 aliphatic heterocycles. The maximum Gasteiger partial charge on any atom is 0.180 e. The summed E-state index contributed by atoms with van der Waals surface area (Å²) >= 11 is 0. The SMILES string of the molecule is OCc1cccc(-c2cnc3c(NCc4ccc(F)cc4)nccn23)c1. The molecule has 130 valence electrons. The van der Waals surface area contributed by atoms with Gasteiger partial charge in [0, 0.05) is 24.5 Å². The Kier molecular flexibility index (Phi) is 4.33. The number of aromatic nitrogens is 3. The van der Waals surface area contributed by atoms with Crippen LogP contribution in [-0.2, 0) is 13.2 Å². The molecule has 0 saturated carbocycles. The van der Waals surface area contributed by atoms with Crippen LogP contribution in [0.3, 0.4) is 0 Å². The van der Waals surface area contributed by atoms with Gasteiger partial charge in [-0.3, -0.25) is 4.40 Å². The summed E-state index contributed by atoms with van der Waals surface area (Å²) in [6, 6.07) is 14.1. The predicted molar refractivity (Wildman–Crippen MR) is 98.1 cm³/mol. The molecule has 0 bridgehead atoms. The molecule has 0 radical (unpaired) electrons. The molecule has 0 aliphatic carbocycles. The van der Waals surface area contributed by atoms with Crippen molar-refractivity contribution in [3.8, 4) is 11.3 Å². The zero-order valence-corrected chi connectivity index (χ0v) is 13.9. The third kappa shape index (κ3) is 3.14. The zero-order valence-electron chi connectivity index (χ0n) is 13.9. The maximum atomic E-state index is 13.0. The average Bonchev–Trinajstić information content (AvgIpc) is 3.12. The minimum absolute atomic E-state index is 0.00337. The van der Waals surface area contributed by atoms with E-state index < -0.39 is 0 Å². The molecule has 2 N–H and O–H groups in total. The van der Waals surface area contributed by atoms with Gasteiger partial charge >= 0.3 is 0 Å². The topological polar surface area (TPSA) is 62.5 Å². The second-order valence-electron chi connectivity index (χ2n) is 5.95. The monoisotopic (exact) mass is 348 g/mol. The Morgan fingerprint density at radius 2 is 1.88 bits per heavy atom. The lowest BCUT2D eigenvalue weighted by Gasteiger charge is -2.08. The highest BCUT2D eigenvalue weighted by atomic mass is 19.1. The van der Waals surface area contributed by atoms with E-state index in [-0.39, 0.29) is 12.4 Å². The molecule has 0 aliphatic rings. The summed E-state index contributed by atoms with van der Waals surface area (Å²) in [5, 5.41) is 12.6. The Balaban J connectivity index is 1.65. The Hall–Kier alpha value is -3.25. The minimum atomic E-state index is -0.253. The number of benzene rings is 2. The van der Waals surface area contributed by atoms with Crippen LogP contribution < -0.4 is 5.32 Å². The molecule has 0 atom stereocenters. The van der Waals surface area contributed by atoms with E-state index in [1.165, 1.54) is 12.1 Å². The van der Waals surface area contributed by atoms with Crippen LogP contribution in [-0.4, -0.2) is 19.5 Å². The molecule has 2 aromatic heterocycles. The third-order valence-electron chi connectivity index (χ3n) is 4.21. The lowest BCUT2D eigenvalue weighted by molar-refractivity contribution is 0.282. The van der Waals surface area contributed by atoms with Gasteiger partial charge in [0.25, 0.3) is 0 Å². The van der Waals surface area contributed by atoms with Crippen LogP contribution in [0.5, 0.6) is 0 Å². The van der Waals surface area contributed by atoms with E-state index >= 15 is 0 Å². The number of aliphatic hydroxyl groups excluding tert-OH is 1. The van der Waals surface area contributed by atoms with Crippen molar-refractivity contribution in [2.24, 2.45) is 0 Å². The summed E-state index contributed by atoms with van der Waals surface area (Å²) in [4.78, 5) is 8.86. The molecule has 2 aromatic carbocycles. The van der Waals surface area contributed by atoms with Crippen molar-refractivity contribution in [3.05, 3.63) is 84.1 Å².